The van der Waals surface area contributed by atoms with Gasteiger partial charge in [0.05, 0.1) is 6.04 Å². The normalized spacial score (nSPS) is 22.6. The van der Waals surface area contributed by atoms with Crippen LogP contribution in [0.2, 0.25) is 0 Å². The molecule has 0 saturated carbocycles. The number of hydrazine groups is 1. The van der Waals surface area contributed by atoms with Crippen LogP contribution in [-0.4, -0.2) is 31.6 Å². The van der Waals surface area contributed by atoms with Crippen molar-refractivity contribution in [2.24, 2.45) is 5.92 Å². The monoisotopic (exact) mass is 275 g/mol. The van der Waals surface area contributed by atoms with Crippen LogP contribution in [0.5, 0.6) is 0 Å². The van der Waals surface area contributed by atoms with E-state index < -0.39 is 0 Å². The van der Waals surface area contributed by atoms with Gasteiger partial charge in [0.25, 0.3) is 0 Å². The Kier molecular flexibility index (Phi) is 5.58. The molecule has 20 heavy (non-hydrogen) atoms. The van der Waals surface area contributed by atoms with Gasteiger partial charge in [-0.2, -0.15) is 0 Å². The van der Waals surface area contributed by atoms with Crippen LogP contribution in [0, 0.1) is 19.8 Å². The van der Waals surface area contributed by atoms with Crippen LogP contribution in [0.4, 0.5) is 0 Å². The molecule has 2 N–H and O–H groups in total. The fraction of sp³-hybridized carbons (Fsp3) is 0.647. The number of hydrogen-bond donors (Lipinski definition) is 2. The second-order valence-electron chi connectivity index (χ2n) is 6.22. The summed E-state index contributed by atoms with van der Waals surface area (Å²) in [6.45, 7) is 10.0. The van der Waals surface area contributed by atoms with E-state index in [0.717, 1.165) is 13.1 Å². The standard InChI is InChI=1S/C17H29N3/c1-5-6-9-20(4)12-16-11-18-19-17(16)15-8-7-13(2)14(3)10-15/h7-8,10,16-19H,5-6,9,11-12H2,1-4H3. The van der Waals surface area contributed by atoms with Crippen molar-refractivity contribution >= 4 is 0 Å². The third-order valence-electron chi connectivity index (χ3n) is 4.42. The average Bonchev–Trinajstić information content (AvgIpc) is 2.87. The van der Waals surface area contributed by atoms with Crippen LogP contribution in [0.15, 0.2) is 18.2 Å². The maximum atomic E-state index is 3.45. The molecular weight excluding hydrogens is 246 g/mol. The highest BCUT2D eigenvalue weighted by Crippen LogP contribution is 2.27. The van der Waals surface area contributed by atoms with Gasteiger partial charge in [-0.3, -0.25) is 5.43 Å². The largest absolute Gasteiger partial charge is 0.306 e. The van der Waals surface area contributed by atoms with Crippen molar-refractivity contribution in [2.75, 3.05) is 26.7 Å². The van der Waals surface area contributed by atoms with Crippen molar-refractivity contribution in [3.05, 3.63) is 34.9 Å². The summed E-state index contributed by atoms with van der Waals surface area (Å²) in [5.74, 6) is 0.638. The summed E-state index contributed by atoms with van der Waals surface area (Å²) in [7, 11) is 2.24. The zero-order valence-corrected chi connectivity index (χ0v) is 13.4. The van der Waals surface area contributed by atoms with E-state index >= 15 is 0 Å². The molecule has 1 aromatic carbocycles. The molecule has 0 amide bonds. The number of nitrogens with zero attached hydrogens (tertiary/aromatic N) is 1. The molecule has 1 heterocycles. The molecule has 0 radical (unpaired) electrons. The number of aryl methyl sites for hydroxylation is 2. The molecule has 2 unspecified atom stereocenters. The van der Waals surface area contributed by atoms with E-state index in [2.05, 4.69) is 61.8 Å². The van der Waals surface area contributed by atoms with Crippen molar-refractivity contribution in [3.8, 4) is 0 Å². The summed E-state index contributed by atoms with van der Waals surface area (Å²) in [5.41, 5.74) is 11.0. The molecule has 0 bridgehead atoms. The second-order valence-corrected chi connectivity index (χ2v) is 6.22. The van der Waals surface area contributed by atoms with Gasteiger partial charge in [0.2, 0.25) is 0 Å². The summed E-state index contributed by atoms with van der Waals surface area (Å²) in [4.78, 5) is 2.47. The Balaban J connectivity index is 2.01. The lowest BCUT2D eigenvalue weighted by Gasteiger charge is -2.25. The van der Waals surface area contributed by atoms with Gasteiger partial charge in [0, 0.05) is 19.0 Å². The van der Waals surface area contributed by atoms with E-state index in [1.165, 1.54) is 36.1 Å². The molecule has 1 fully saturated rings. The highest BCUT2D eigenvalue weighted by Gasteiger charge is 2.29. The molecule has 3 nitrogen and oxygen atoms in total. The quantitative estimate of drug-likeness (QED) is 0.836. The Hall–Kier alpha value is -0.900. The fourth-order valence-electron chi connectivity index (χ4n) is 2.94. The zero-order valence-electron chi connectivity index (χ0n) is 13.4. The van der Waals surface area contributed by atoms with Crippen molar-refractivity contribution in [3.63, 3.8) is 0 Å². The Bertz CT molecular complexity index is 430. The maximum absolute atomic E-state index is 3.45. The molecular formula is C17H29N3. The van der Waals surface area contributed by atoms with Gasteiger partial charge in [0.1, 0.15) is 0 Å². The summed E-state index contributed by atoms with van der Waals surface area (Å²) < 4.78 is 0. The smallest absolute Gasteiger partial charge is 0.0515 e. The Morgan fingerprint density at radius 1 is 1.25 bits per heavy atom. The topological polar surface area (TPSA) is 27.3 Å². The number of benzene rings is 1. The zero-order chi connectivity index (χ0) is 14.5. The van der Waals surface area contributed by atoms with Gasteiger partial charge < -0.3 is 4.90 Å². The van der Waals surface area contributed by atoms with Gasteiger partial charge in [-0.05, 0) is 50.6 Å². The Labute approximate surface area is 123 Å². The molecule has 0 aromatic heterocycles. The van der Waals surface area contributed by atoms with Crippen molar-refractivity contribution in [2.45, 2.75) is 39.7 Å². The first-order valence-electron chi connectivity index (χ1n) is 7.86. The molecule has 1 aliphatic heterocycles. The molecule has 1 aromatic rings. The van der Waals surface area contributed by atoms with Crippen LogP contribution in [-0.2, 0) is 0 Å². The van der Waals surface area contributed by atoms with E-state index in [1.807, 2.05) is 0 Å². The van der Waals surface area contributed by atoms with Crippen molar-refractivity contribution in [1.29, 1.82) is 0 Å². The lowest BCUT2D eigenvalue weighted by molar-refractivity contribution is 0.266. The molecule has 0 spiro atoms. The Morgan fingerprint density at radius 3 is 2.75 bits per heavy atom. The van der Waals surface area contributed by atoms with Crippen LogP contribution in [0.25, 0.3) is 0 Å². The SMILES string of the molecule is CCCCN(C)CC1CNNC1c1ccc(C)c(C)c1. The highest BCUT2D eigenvalue weighted by atomic mass is 15.4. The predicted molar refractivity (Wildman–Crippen MR) is 85.7 cm³/mol. The molecule has 3 heteroatoms. The van der Waals surface area contributed by atoms with E-state index in [-0.39, 0.29) is 0 Å². The van der Waals surface area contributed by atoms with Crippen LogP contribution < -0.4 is 10.9 Å². The summed E-state index contributed by atoms with van der Waals surface area (Å²) in [5, 5.41) is 0. The molecule has 2 rings (SSSR count). The first-order chi connectivity index (χ1) is 9.61. The summed E-state index contributed by atoms with van der Waals surface area (Å²) in [6.07, 6.45) is 2.56. The first kappa shape index (κ1) is 15.5. The Morgan fingerprint density at radius 2 is 2.05 bits per heavy atom. The molecule has 0 aliphatic carbocycles. The van der Waals surface area contributed by atoms with E-state index in [0.29, 0.717) is 12.0 Å². The highest BCUT2D eigenvalue weighted by molar-refractivity contribution is 5.32. The first-order valence-corrected chi connectivity index (χ1v) is 7.86. The van der Waals surface area contributed by atoms with Gasteiger partial charge in [-0.1, -0.05) is 31.5 Å². The van der Waals surface area contributed by atoms with E-state index in [1.54, 1.807) is 0 Å². The minimum atomic E-state index is 0.429. The number of hydrogen-bond acceptors (Lipinski definition) is 3. The van der Waals surface area contributed by atoms with E-state index in [9.17, 15) is 0 Å². The third-order valence-corrected chi connectivity index (χ3v) is 4.42. The molecule has 1 aliphatic rings. The van der Waals surface area contributed by atoms with Crippen molar-refractivity contribution in [1.82, 2.24) is 15.8 Å². The number of unbranched alkanes of at least 4 members (excludes halogenated alkanes) is 1. The van der Waals surface area contributed by atoms with Gasteiger partial charge in [-0.15, -0.1) is 0 Å². The molecule has 1 saturated heterocycles. The summed E-state index contributed by atoms with van der Waals surface area (Å²) in [6, 6.07) is 7.27. The minimum absolute atomic E-state index is 0.429. The molecule has 112 valence electrons. The van der Waals surface area contributed by atoms with Gasteiger partial charge >= 0.3 is 0 Å². The number of nitrogens with one attached hydrogen (secondary N) is 2. The fourth-order valence-corrected chi connectivity index (χ4v) is 2.94. The second kappa shape index (κ2) is 7.21. The third kappa shape index (κ3) is 3.81. The number of rotatable bonds is 6. The van der Waals surface area contributed by atoms with Crippen LogP contribution in [0.1, 0.15) is 42.5 Å². The van der Waals surface area contributed by atoms with Crippen LogP contribution >= 0.6 is 0 Å². The predicted octanol–water partition coefficient (Wildman–Crippen LogP) is 2.80. The molecule has 2 atom stereocenters. The minimum Gasteiger partial charge on any atom is -0.306 e. The van der Waals surface area contributed by atoms with Crippen LogP contribution in [0.3, 0.4) is 0 Å². The average molecular weight is 275 g/mol. The van der Waals surface area contributed by atoms with Crippen molar-refractivity contribution < 1.29 is 0 Å². The summed E-state index contributed by atoms with van der Waals surface area (Å²) >= 11 is 0. The lowest BCUT2D eigenvalue weighted by atomic mass is 9.92. The van der Waals surface area contributed by atoms with Gasteiger partial charge in [-0.25, -0.2) is 5.43 Å². The van der Waals surface area contributed by atoms with E-state index in [4.69, 9.17) is 0 Å². The lowest BCUT2D eigenvalue weighted by Crippen LogP contribution is -2.31. The van der Waals surface area contributed by atoms with Gasteiger partial charge in [0.15, 0.2) is 0 Å². The maximum Gasteiger partial charge on any atom is 0.0515 e.